The normalized spacial score (nSPS) is 18.1. The Bertz CT molecular complexity index is 994. The van der Waals surface area contributed by atoms with E-state index in [0.29, 0.717) is 32.7 Å². The maximum Gasteiger partial charge on any atom is 0.241 e. The summed E-state index contributed by atoms with van der Waals surface area (Å²) in [6.07, 6.45) is 3.25. The third-order valence-electron chi connectivity index (χ3n) is 6.12. The second-order valence-corrected chi connectivity index (χ2v) is 8.68. The molecule has 32 heavy (non-hydrogen) atoms. The molecule has 0 unspecified atom stereocenters. The van der Waals surface area contributed by atoms with Gasteiger partial charge in [0.05, 0.1) is 32.2 Å². The van der Waals surface area contributed by atoms with E-state index in [0.717, 1.165) is 59.7 Å². The average molecular weight is 434 g/mol. The van der Waals surface area contributed by atoms with Crippen LogP contribution in [0.25, 0.3) is 0 Å². The largest absolute Gasteiger partial charge is 0.490 e. The minimum Gasteiger partial charge on any atom is -0.490 e. The summed E-state index contributed by atoms with van der Waals surface area (Å²) in [5.74, 6) is 1.62. The molecule has 2 heterocycles. The lowest BCUT2D eigenvalue weighted by Gasteiger charge is -2.29. The Balaban J connectivity index is 1.53. The van der Waals surface area contributed by atoms with Crippen molar-refractivity contribution in [2.45, 2.75) is 45.6 Å². The molecular formula is C26H31N3O3. The summed E-state index contributed by atoms with van der Waals surface area (Å²) < 4.78 is 11.6. The first-order chi connectivity index (χ1) is 15.5. The van der Waals surface area contributed by atoms with Crippen molar-refractivity contribution in [3.05, 3.63) is 53.1 Å². The van der Waals surface area contributed by atoms with Gasteiger partial charge in [0.25, 0.3) is 0 Å². The number of nitrogens with zero attached hydrogens (tertiary/aromatic N) is 3. The fourth-order valence-corrected chi connectivity index (χ4v) is 4.71. The summed E-state index contributed by atoms with van der Waals surface area (Å²) in [7, 11) is 0. The van der Waals surface area contributed by atoms with Gasteiger partial charge in [-0.3, -0.25) is 9.69 Å². The number of carbonyl (C=O) groups excluding carboxylic acids is 1. The third-order valence-corrected chi connectivity index (χ3v) is 6.12. The first kappa shape index (κ1) is 22.2. The van der Waals surface area contributed by atoms with E-state index in [4.69, 9.17) is 14.7 Å². The Kier molecular flexibility index (Phi) is 6.96. The van der Waals surface area contributed by atoms with Crippen LogP contribution in [0.3, 0.4) is 0 Å². The lowest BCUT2D eigenvalue weighted by Crippen LogP contribution is -2.41. The van der Waals surface area contributed by atoms with Gasteiger partial charge in [-0.15, -0.1) is 0 Å². The van der Waals surface area contributed by atoms with Crippen molar-refractivity contribution in [3.63, 3.8) is 0 Å². The first-order valence-electron chi connectivity index (χ1n) is 11.4. The number of aryl methyl sites for hydroxylation is 2. The van der Waals surface area contributed by atoms with Crippen LogP contribution >= 0.6 is 0 Å². The second kappa shape index (κ2) is 10.1. The molecular weight excluding hydrogens is 402 g/mol. The number of hydrogen-bond donors (Lipinski definition) is 0. The molecule has 6 heteroatoms. The molecule has 0 N–H and O–H groups in total. The van der Waals surface area contributed by atoms with E-state index in [1.807, 2.05) is 32.0 Å². The fraction of sp³-hybridized carbons (Fsp3) is 0.462. The highest BCUT2D eigenvalue weighted by molar-refractivity contribution is 5.95. The van der Waals surface area contributed by atoms with Gasteiger partial charge in [-0.1, -0.05) is 12.1 Å². The van der Waals surface area contributed by atoms with E-state index in [2.05, 4.69) is 29.2 Å². The summed E-state index contributed by atoms with van der Waals surface area (Å²) in [6, 6.07) is 14.7. The molecule has 0 spiro atoms. The van der Waals surface area contributed by atoms with E-state index >= 15 is 0 Å². The SMILES string of the molecule is Cc1cc(C)cc(N(CCC#N)C(=O)CN2CCC[C@@H]2c2ccc3c(c2)OCCCO3)c1. The Hall–Kier alpha value is -3.04. The van der Waals surface area contributed by atoms with Gasteiger partial charge in [0.15, 0.2) is 11.5 Å². The van der Waals surface area contributed by atoms with Gasteiger partial charge in [-0.05, 0) is 74.2 Å². The molecule has 0 aliphatic carbocycles. The van der Waals surface area contributed by atoms with Crippen LogP contribution in [0.1, 0.15) is 48.4 Å². The summed E-state index contributed by atoms with van der Waals surface area (Å²) >= 11 is 0. The van der Waals surface area contributed by atoms with E-state index in [9.17, 15) is 4.79 Å². The van der Waals surface area contributed by atoms with Gasteiger partial charge >= 0.3 is 0 Å². The van der Waals surface area contributed by atoms with Gasteiger partial charge in [0, 0.05) is 24.7 Å². The smallest absolute Gasteiger partial charge is 0.241 e. The Morgan fingerprint density at radius 1 is 1.09 bits per heavy atom. The monoisotopic (exact) mass is 433 g/mol. The molecule has 4 rings (SSSR count). The Labute approximate surface area is 190 Å². The van der Waals surface area contributed by atoms with Crippen LogP contribution in [0.15, 0.2) is 36.4 Å². The number of nitriles is 1. The minimum absolute atomic E-state index is 0.0338. The third kappa shape index (κ3) is 5.05. The van der Waals surface area contributed by atoms with Crippen LogP contribution in [-0.4, -0.2) is 43.7 Å². The molecule has 2 aromatic carbocycles. The number of ether oxygens (including phenoxy) is 2. The maximum atomic E-state index is 13.4. The highest BCUT2D eigenvalue weighted by Gasteiger charge is 2.30. The van der Waals surface area contributed by atoms with Crippen molar-refractivity contribution in [1.29, 1.82) is 5.26 Å². The number of hydrogen-bond acceptors (Lipinski definition) is 5. The van der Waals surface area contributed by atoms with E-state index in [1.165, 1.54) is 0 Å². The highest BCUT2D eigenvalue weighted by atomic mass is 16.5. The molecule has 1 atom stereocenters. The molecule has 2 aliphatic rings. The predicted molar refractivity (Wildman–Crippen MR) is 124 cm³/mol. The molecule has 2 aliphatic heterocycles. The lowest BCUT2D eigenvalue weighted by atomic mass is 10.0. The van der Waals surface area contributed by atoms with Crippen molar-refractivity contribution in [2.24, 2.45) is 0 Å². The van der Waals surface area contributed by atoms with Crippen molar-refractivity contribution >= 4 is 11.6 Å². The molecule has 2 aromatic rings. The highest BCUT2D eigenvalue weighted by Crippen LogP contribution is 2.38. The summed E-state index contributed by atoms with van der Waals surface area (Å²) in [6.45, 7) is 7.01. The summed E-state index contributed by atoms with van der Waals surface area (Å²) in [4.78, 5) is 17.4. The zero-order chi connectivity index (χ0) is 22.5. The Morgan fingerprint density at radius 3 is 2.59 bits per heavy atom. The number of benzene rings is 2. The van der Waals surface area contributed by atoms with Crippen LogP contribution in [0, 0.1) is 25.2 Å². The molecule has 6 nitrogen and oxygen atoms in total. The number of likely N-dealkylation sites (tertiary alicyclic amines) is 1. The van der Waals surface area contributed by atoms with Gasteiger partial charge in [-0.25, -0.2) is 0 Å². The topological polar surface area (TPSA) is 65.8 Å². The number of carbonyl (C=O) groups is 1. The van der Waals surface area contributed by atoms with Crippen LogP contribution in [0.2, 0.25) is 0 Å². The summed E-state index contributed by atoms with van der Waals surface area (Å²) in [5.41, 5.74) is 4.26. The van der Waals surface area contributed by atoms with E-state index < -0.39 is 0 Å². The van der Waals surface area contributed by atoms with Gasteiger partial charge in [0.2, 0.25) is 5.91 Å². The van der Waals surface area contributed by atoms with Crippen LogP contribution in [-0.2, 0) is 4.79 Å². The molecule has 1 fully saturated rings. The lowest BCUT2D eigenvalue weighted by molar-refractivity contribution is -0.120. The van der Waals surface area contributed by atoms with Crippen molar-refractivity contribution < 1.29 is 14.3 Å². The zero-order valence-corrected chi connectivity index (χ0v) is 19.0. The predicted octanol–water partition coefficient (Wildman–Crippen LogP) is 4.55. The number of rotatable bonds is 6. The molecule has 168 valence electrons. The van der Waals surface area contributed by atoms with E-state index in [1.54, 1.807) is 4.90 Å². The molecule has 0 bridgehead atoms. The molecule has 0 radical (unpaired) electrons. The van der Waals surface area contributed by atoms with Crippen molar-refractivity contribution in [1.82, 2.24) is 4.90 Å². The quantitative estimate of drug-likeness (QED) is 0.669. The van der Waals surface area contributed by atoms with Crippen molar-refractivity contribution in [3.8, 4) is 17.6 Å². The standard InChI is InChI=1S/C26H31N3O3/c1-19-14-20(2)16-22(15-19)29(11-4-9-27)26(30)18-28-10-3-6-23(28)21-7-8-24-25(17-21)32-13-5-12-31-24/h7-8,14-17,23H,3-6,10-13,18H2,1-2H3/t23-/m1/s1. The fourth-order valence-electron chi connectivity index (χ4n) is 4.71. The van der Waals surface area contributed by atoms with Crippen LogP contribution < -0.4 is 14.4 Å². The number of amides is 1. The number of anilines is 1. The molecule has 0 aromatic heterocycles. The summed E-state index contributed by atoms with van der Waals surface area (Å²) in [5, 5.41) is 9.12. The zero-order valence-electron chi connectivity index (χ0n) is 19.0. The maximum absolute atomic E-state index is 13.4. The van der Waals surface area contributed by atoms with Crippen LogP contribution in [0.4, 0.5) is 5.69 Å². The molecule has 0 saturated carbocycles. The van der Waals surface area contributed by atoms with Crippen molar-refractivity contribution in [2.75, 3.05) is 37.7 Å². The average Bonchev–Trinajstić information content (AvgIpc) is 3.08. The van der Waals surface area contributed by atoms with Gasteiger partial charge < -0.3 is 14.4 Å². The van der Waals surface area contributed by atoms with E-state index in [-0.39, 0.29) is 11.9 Å². The molecule has 1 saturated heterocycles. The molecule has 1 amide bonds. The minimum atomic E-state index is 0.0338. The number of fused-ring (bicyclic) bond motifs is 1. The second-order valence-electron chi connectivity index (χ2n) is 8.68. The first-order valence-corrected chi connectivity index (χ1v) is 11.4. The van der Waals surface area contributed by atoms with Gasteiger partial charge in [-0.2, -0.15) is 5.26 Å². The Morgan fingerprint density at radius 2 is 1.84 bits per heavy atom. The van der Waals surface area contributed by atoms with Crippen LogP contribution in [0.5, 0.6) is 11.5 Å². The van der Waals surface area contributed by atoms with Gasteiger partial charge in [0.1, 0.15) is 0 Å².